The summed E-state index contributed by atoms with van der Waals surface area (Å²) in [7, 11) is 0. The van der Waals surface area contributed by atoms with Gasteiger partial charge in [-0.1, -0.05) is 24.3 Å². The highest BCUT2D eigenvalue weighted by Gasteiger charge is 2.25. The molecule has 0 atom stereocenters. The summed E-state index contributed by atoms with van der Waals surface area (Å²) in [5, 5.41) is 0. The van der Waals surface area contributed by atoms with E-state index in [1.165, 1.54) is 0 Å². The van der Waals surface area contributed by atoms with E-state index in [1.807, 2.05) is 74.8 Å². The van der Waals surface area contributed by atoms with E-state index in [1.54, 1.807) is 18.6 Å². The molecule has 0 spiro atoms. The lowest BCUT2D eigenvalue weighted by Crippen LogP contribution is -2.39. The van der Waals surface area contributed by atoms with Crippen LogP contribution in [0.25, 0.3) is 22.8 Å². The first-order chi connectivity index (χ1) is 15.2. The summed E-state index contributed by atoms with van der Waals surface area (Å²) in [5.41, 5.74) is 3.70. The minimum absolute atomic E-state index is 0.00316. The first-order valence-corrected chi connectivity index (χ1v) is 10.4. The Balaban J connectivity index is 1.22. The molecule has 0 aliphatic carbocycles. The number of aromatic amines is 1. The third-order valence-electron chi connectivity index (χ3n) is 5.88. The average Bonchev–Trinajstić information content (AvgIpc) is 3.45. The molecule has 1 aliphatic rings. The number of fused-ring (bicyclic) bond motifs is 1. The van der Waals surface area contributed by atoms with Gasteiger partial charge in [-0.05, 0) is 48.7 Å². The van der Waals surface area contributed by atoms with Gasteiger partial charge >= 0.3 is 5.69 Å². The van der Waals surface area contributed by atoms with Crippen LogP contribution >= 0.6 is 0 Å². The zero-order chi connectivity index (χ0) is 21.2. The Morgan fingerprint density at radius 2 is 1.84 bits per heavy atom. The normalized spacial score (nSPS) is 15.2. The number of nitrogens with zero attached hydrogens (tertiary/aromatic N) is 4. The number of carbonyl (C=O) groups excluding carboxylic acids is 1. The fraction of sp³-hybridized carbons (Fsp3) is 0.208. The van der Waals surface area contributed by atoms with Crippen molar-refractivity contribution in [1.29, 1.82) is 0 Å². The fourth-order valence-electron chi connectivity index (χ4n) is 4.22. The number of hydrogen-bond donors (Lipinski definition) is 1. The Labute approximate surface area is 179 Å². The molecule has 1 aliphatic heterocycles. The molecule has 1 N–H and O–H groups in total. The zero-order valence-corrected chi connectivity index (χ0v) is 17.0. The number of aromatic nitrogens is 4. The van der Waals surface area contributed by atoms with Gasteiger partial charge in [-0.3, -0.25) is 9.36 Å². The van der Waals surface area contributed by atoms with E-state index in [0.717, 1.165) is 35.1 Å². The quantitative estimate of drug-likeness (QED) is 0.521. The average molecular weight is 413 g/mol. The van der Waals surface area contributed by atoms with Gasteiger partial charge in [0.1, 0.15) is 0 Å². The summed E-state index contributed by atoms with van der Waals surface area (Å²) in [6.07, 6.45) is 10.4. The Morgan fingerprint density at radius 1 is 1.06 bits per heavy atom. The van der Waals surface area contributed by atoms with Crippen LogP contribution in [0, 0.1) is 0 Å². The second-order valence-electron chi connectivity index (χ2n) is 7.77. The van der Waals surface area contributed by atoms with Crippen LogP contribution in [-0.4, -0.2) is 43.0 Å². The van der Waals surface area contributed by atoms with Gasteiger partial charge in [0.25, 0.3) is 0 Å². The highest BCUT2D eigenvalue weighted by molar-refractivity contribution is 5.91. The van der Waals surface area contributed by atoms with Gasteiger partial charge < -0.3 is 14.5 Å². The van der Waals surface area contributed by atoms with Crippen LogP contribution in [-0.2, 0) is 4.79 Å². The van der Waals surface area contributed by atoms with E-state index < -0.39 is 0 Å². The highest BCUT2D eigenvalue weighted by atomic mass is 16.2. The van der Waals surface area contributed by atoms with Crippen molar-refractivity contribution >= 4 is 23.0 Å². The van der Waals surface area contributed by atoms with Gasteiger partial charge in [-0.25, -0.2) is 9.78 Å². The van der Waals surface area contributed by atoms with Crippen LogP contribution in [0.1, 0.15) is 24.4 Å². The molecule has 1 saturated heterocycles. The Morgan fingerprint density at radius 3 is 2.58 bits per heavy atom. The van der Waals surface area contributed by atoms with Crippen molar-refractivity contribution < 1.29 is 4.79 Å². The Kier molecular flexibility index (Phi) is 5.00. The van der Waals surface area contributed by atoms with Crippen molar-refractivity contribution in [3.05, 3.63) is 89.4 Å². The van der Waals surface area contributed by atoms with Crippen molar-refractivity contribution in [2.75, 3.05) is 13.1 Å². The zero-order valence-electron chi connectivity index (χ0n) is 17.0. The number of hydrogen-bond acceptors (Lipinski definition) is 3. The molecule has 0 radical (unpaired) electrons. The number of H-pyrrole nitrogens is 1. The van der Waals surface area contributed by atoms with Gasteiger partial charge in [0.05, 0.1) is 17.4 Å². The smallest absolute Gasteiger partial charge is 0.326 e. The Hall–Kier alpha value is -3.87. The van der Waals surface area contributed by atoms with Crippen LogP contribution < -0.4 is 5.69 Å². The minimum atomic E-state index is -0.0787. The molecule has 0 unspecified atom stereocenters. The molecule has 7 heteroatoms. The molecule has 5 rings (SSSR count). The van der Waals surface area contributed by atoms with Crippen molar-refractivity contribution in [2.24, 2.45) is 0 Å². The summed E-state index contributed by atoms with van der Waals surface area (Å²) in [4.78, 5) is 33.9. The number of piperidine rings is 1. The number of nitrogens with one attached hydrogen (secondary N) is 1. The molecule has 0 saturated carbocycles. The second kappa shape index (κ2) is 8.10. The summed E-state index contributed by atoms with van der Waals surface area (Å²) in [5.74, 6) is 0.00316. The van der Waals surface area contributed by atoms with Crippen LogP contribution in [0.4, 0.5) is 0 Å². The van der Waals surface area contributed by atoms with Crippen molar-refractivity contribution in [2.45, 2.75) is 18.9 Å². The summed E-state index contributed by atoms with van der Waals surface area (Å²) in [6, 6.07) is 15.8. The first kappa shape index (κ1) is 19.1. The number of benzene rings is 2. The number of carbonyl (C=O) groups is 1. The maximum absolute atomic E-state index is 12.6. The third kappa shape index (κ3) is 3.82. The van der Waals surface area contributed by atoms with E-state index in [-0.39, 0.29) is 17.6 Å². The summed E-state index contributed by atoms with van der Waals surface area (Å²) in [6.45, 7) is 1.28. The molecule has 4 aromatic rings. The van der Waals surface area contributed by atoms with Gasteiger partial charge in [0.15, 0.2) is 0 Å². The van der Waals surface area contributed by atoms with E-state index in [0.29, 0.717) is 13.1 Å². The van der Waals surface area contributed by atoms with Crippen LogP contribution in [0.15, 0.2) is 78.1 Å². The molecular weight excluding hydrogens is 390 g/mol. The van der Waals surface area contributed by atoms with Gasteiger partial charge in [0, 0.05) is 43.3 Å². The van der Waals surface area contributed by atoms with E-state index >= 15 is 0 Å². The number of amides is 1. The molecule has 31 heavy (non-hydrogen) atoms. The predicted molar refractivity (Wildman–Crippen MR) is 120 cm³/mol. The fourth-order valence-corrected chi connectivity index (χ4v) is 4.22. The van der Waals surface area contributed by atoms with E-state index in [4.69, 9.17) is 0 Å². The highest BCUT2D eigenvalue weighted by Crippen LogP contribution is 2.25. The largest absolute Gasteiger partial charge is 0.339 e. The lowest BCUT2D eigenvalue weighted by molar-refractivity contribution is -0.127. The summed E-state index contributed by atoms with van der Waals surface area (Å²) < 4.78 is 3.77. The minimum Gasteiger partial charge on any atom is -0.339 e. The monoisotopic (exact) mass is 413 g/mol. The van der Waals surface area contributed by atoms with Crippen LogP contribution in [0.3, 0.4) is 0 Å². The van der Waals surface area contributed by atoms with Crippen molar-refractivity contribution in [3.8, 4) is 5.69 Å². The Bertz CT molecular complexity index is 1270. The molecule has 3 heterocycles. The second-order valence-corrected chi connectivity index (χ2v) is 7.77. The molecule has 2 aromatic carbocycles. The molecule has 1 fully saturated rings. The lowest BCUT2D eigenvalue weighted by Gasteiger charge is -2.32. The number of likely N-dealkylation sites (tertiary alicyclic amines) is 1. The van der Waals surface area contributed by atoms with Gasteiger partial charge in [-0.2, -0.15) is 0 Å². The number of imidazole rings is 2. The maximum Gasteiger partial charge on any atom is 0.326 e. The van der Waals surface area contributed by atoms with Crippen LogP contribution in [0.5, 0.6) is 0 Å². The molecule has 7 nitrogen and oxygen atoms in total. The molecular formula is C24H23N5O2. The van der Waals surface area contributed by atoms with Gasteiger partial charge in [0.2, 0.25) is 5.91 Å². The third-order valence-corrected chi connectivity index (χ3v) is 5.88. The summed E-state index contributed by atoms with van der Waals surface area (Å²) >= 11 is 0. The van der Waals surface area contributed by atoms with E-state index in [2.05, 4.69) is 9.97 Å². The van der Waals surface area contributed by atoms with Crippen molar-refractivity contribution in [3.63, 3.8) is 0 Å². The molecule has 1 amide bonds. The van der Waals surface area contributed by atoms with Gasteiger partial charge in [-0.15, -0.1) is 0 Å². The lowest BCUT2D eigenvalue weighted by atomic mass is 10.0. The standard InChI is InChI=1S/C24H23N5O2/c30-23(10-7-18-5-8-19(9-6-18)28-16-13-25-17-28)27-14-11-20(12-15-27)29-22-4-2-1-3-21(22)26-24(29)31/h1-10,13,16-17,20H,11-12,14-15H2,(H,26,31). The predicted octanol–water partition coefficient (Wildman–Crippen LogP) is 3.39. The SMILES string of the molecule is O=C(C=Cc1ccc(-n2ccnc2)cc1)N1CCC(n2c(=O)[nH]c3ccccc32)CC1. The van der Waals surface area contributed by atoms with Crippen molar-refractivity contribution in [1.82, 2.24) is 24.0 Å². The molecule has 2 aromatic heterocycles. The molecule has 0 bridgehead atoms. The topological polar surface area (TPSA) is 75.9 Å². The maximum atomic E-state index is 12.6. The first-order valence-electron chi connectivity index (χ1n) is 10.4. The van der Waals surface area contributed by atoms with Crippen LogP contribution in [0.2, 0.25) is 0 Å². The molecule has 156 valence electrons. The van der Waals surface area contributed by atoms with E-state index in [9.17, 15) is 9.59 Å². The number of rotatable bonds is 4. The number of para-hydroxylation sites is 2.